The van der Waals surface area contributed by atoms with E-state index < -0.39 is 0 Å². The largest absolute Gasteiger partial charge is 0.0955 e. The Hall–Kier alpha value is -0.560. The van der Waals surface area contributed by atoms with Crippen molar-refractivity contribution in [2.45, 2.75) is 13.8 Å². The minimum Gasteiger partial charge on any atom is -0.0955 e. The van der Waals surface area contributed by atoms with E-state index in [1.54, 1.807) is 0 Å². The van der Waals surface area contributed by atoms with Crippen molar-refractivity contribution in [1.29, 1.82) is 0 Å². The van der Waals surface area contributed by atoms with Crippen LogP contribution < -0.4 is 0 Å². The van der Waals surface area contributed by atoms with Gasteiger partial charge in [-0.3, -0.25) is 0 Å². The van der Waals surface area contributed by atoms with E-state index in [1.165, 1.54) is 11.1 Å². The Morgan fingerprint density at radius 2 is 2.09 bits per heavy atom. The Morgan fingerprint density at radius 1 is 1.45 bits per heavy atom. The Bertz CT molecular complexity index is 287. The predicted octanol–water partition coefficient (Wildman–Crippen LogP) is 3.79. The zero-order valence-corrected chi connectivity index (χ0v) is 8.40. The summed E-state index contributed by atoms with van der Waals surface area (Å²) in [6.07, 6.45) is 0. The van der Waals surface area contributed by atoms with Crippen molar-refractivity contribution in [3.8, 4) is 0 Å². The fraction of sp³-hybridized carbons (Fsp3) is 0.200. The summed E-state index contributed by atoms with van der Waals surface area (Å²) in [5, 5.41) is 0. The zero-order chi connectivity index (χ0) is 8.43. The molecular weight excluding hydrogens is 200 g/mol. The Morgan fingerprint density at radius 3 is 2.55 bits per heavy atom. The van der Waals surface area contributed by atoms with Gasteiger partial charge in [-0.15, -0.1) is 0 Å². The second-order valence-electron chi connectivity index (χ2n) is 2.74. The van der Waals surface area contributed by atoms with Crippen LogP contribution in [0.3, 0.4) is 0 Å². The number of benzene rings is 1. The summed E-state index contributed by atoms with van der Waals surface area (Å²) in [4.78, 5) is 0. The van der Waals surface area contributed by atoms with Gasteiger partial charge in [-0.25, -0.2) is 0 Å². The molecule has 0 amide bonds. The Balaban J connectivity index is 3.15. The summed E-state index contributed by atoms with van der Waals surface area (Å²) >= 11 is 3.47. The number of allylic oxidation sites excluding steroid dienone is 1. The molecule has 0 radical (unpaired) electrons. The van der Waals surface area contributed by atoms with Crippen molar-refractivity contribution in [3.63, 3.8) is 0 Å². The summed E-state index contributed by atoms with van der Waals surface area (Å²) < 4.78 is 1.15. The number of halogens is 1. The Kier molecular flexibility index (Phi) is 2.50. The third-order valence-electron chi connectivity index (χ3n) is 1.66. The van der Waals surface area contributed by atoms with Crippen LogP contribution >= 0.6 is 15.9 Å². The fourth-order valence-electron chi connectivity index (χ4n) is 0.858. The normalized spacial score (nSPS) is 9.73. The average molecular weight is 211 g/mol. The van der Waals surface area contributed by atoms with E-state index in [9.17, 15) is 0 Å². The minimum absolute atomic E-state index is 1.10. The average Bonchev–Trinajstić information content (AvgIpc) is 1.94. The summed E-state index contributed by atoms with van der Waals surface area (Å²) in [6.45, 7) is 7.96. The molecule has 1 rings (SSSR count). The van der Waals surface area contributed by atoms with Gasteiger partial charge in [0.25, 0.3) is 0 Å². The molecule has 58 valence electrons. The molecule has 0 fully saturated rings. The number of rotatable bonds is 1. The molecule has 0 aromatic heterocycles. The van der Waals surface area contributed by atoms with Gasteiger partial charge in [-0.1, -0.05) is 40.2 Å². The van der Waals surface area contributed by atoms with E-state index in [2.05, 4.69) is 47.6 Å². The second-order valence-corrected chi connectivity index (χ2v) is 3.60. The zero-order valence-electron chi connectivity index (χ0n) is 6.82. The molecule has 0 heterocycles. The summed E-state index contributed by atoms with van der Waals surface area (Å²) in [6, 6.07) is 6.27. The van der Waals surface area contributed by atoms with Gasteiger partial charge in [0, 0.05) is 4.47 Å². The van der Waals surface area contributed by atoms with Gasteiger partial charge < -0.3 is 0 Å². The van der Waals surface area contributed by atoms with E-state index in [1.807, 2.05) is 6.92 Å². The van der Waals surface area contributed by atoms with Crippen molar-refractivity contribution in [3.05, 3.63) is 40.4 Å². The monoisotopic (exact) mass is 210 g/mol. The van der Waals surface area contributed by atoms with Gasteiger partial charge in [-0.2, -0.15) is 0 Å². The topological polar surface area (TPSA) is 0 Å². The molecule has 1 heteroatoms. The second kappa shape index (κ2) is 3.22. The van der Waals surface area contributed by atoms with Gasteiger partial charge in [0.1, 0.15) is 0 Å². The van der Waals surface area contributed by atoms with Crippen molar-refractivity contribution >= 4 is 21.5 Å². The minimum atomic E-state index is 1.10. The first-order valence-corrected chi connectivity index (χ1v) is 4.32. The highest BCUT2D eigenvalue weighted by molar-refractivity contribution is 9.10. The van der Waals surface area contributed by atoms with E-state index in [4.69, 9.17) is 0 Å². The summed E-state index contributed by atoms with van der Waals surface area (Å²) in [7, 11) is 0. The van der Waals surface area contributed by atoms with Gasteiger partial charge >= 0.3 is 0 Å². The lowest BCUT2D eigenvalue weighted by Gasteiger charge is -2.02. The van der Waals surface area contributed by atoms with Crippen LogP contribution in [0.5, 0.6) is 0 Å². The SMILES string of the molecule is C=C(C)c1ccc(C)c(Br)c1. The molecule has 0 saturated carbocycles. The first-order valence-electron chi connectivity index (χ1n) is 3.53. The van der Waals surface area contributed by atoms with Crippen LogP contribution in [0.15, 0.2) is 29.3 Å². The van der Waals surface area contributed by atoms with E-state index in [0.29, 0.717) is 0 Å². The lowest BCUT2D eigenvalue weighted by molar-refractivity contribution is 1.41. The standard InChI is InChI=1S/C10H11Br/c1-7(2)9-5-4-8(3)10(11)6-9/h4-6H,1H2,2-3H3. The number of aryl methyl sites for hydroxylation is 1. The molecule has 11 heavy (non-hydrogen) atoms. The molecule has 0 spiro atoms. The van der Waals surface area contributed by atoms with Crippen molar-refractivity contribution in [2.24, 2.45) is 0 Å². The maximum atomic E-state index is 3.88. The smallest absolute Gasteiger partial charge is 0.0210 e. The first-order chi connectivity index (χ1) is 5.11. The highest BCUT2D eigenvalue weighted by Crippen LogP contribution is 2.20. The van der Waals surface area contributed by atoms with E-state index in [-0.39, 0.29) is 0 Å². The number of hydrogen-bond acceptors (Lipinski definition) is 0. The van der Waals surface area contributed by atoms with Gasteiger partial charge in [-0.05, 0) is 31.0 Å². The van der Waals surface area contributed by atoms with E-state index >= 15 is 0 Å². The highest BCUT2D eigenvalue weighted by Gasteiger charge is 1.96. The molecule has 0 saturated heterocycles. The summed E-state index contributed by atoms with van der Waals surface area (Å²) in [5.41, 5.74) is 3.56. The fourth-order valence-corrected chi connectivity index (χ4v) is 1.24. The van der Waals surface area contributed by atoms with Crippen LogP contribution in [0.25, 0.3) is 5.57 Å². The molecule has 0 nitrogen and oxygen atoms in total. The van der Waals surface area contributed by atoms with Crippen LogP contribution in [0.2, 0.25) is 0 Å². The summed E-state index contributed by atoms with van der Waals surface area (Å²) in [5.74, 6) is 0. The van der Waals surface area contributed by atoms with Crippen LogP contribution in [0.1, 0.15) is 18.1 Å². The molecule has 0 unspecified atom stereocenters. The third-order valence-corrected chi connectivity index (χ3v) is 2.52. The van der Waals surface area contributed by atoms with Crippen LogP contribution in [0.4, 0.5) is 0 Å². The predicted molar refractivity (Wildman–Crippen MR) is 53.6 cm³/mol. The molecule has 0 atom stereocenters. The first kappa shape index (κ1) is 8.54. The number of hydrogen-bond donors (Lipinski definition) is 0. The van der Waals surface area contributed by atoms with Gasteiger partial charge in [0.05, 0.1) is 0 Å². The Labute approximate surface area is 76.1 Å². The maximum Gasteiger partial charge on any atom is 0.0210 e. The van der Waals surface area contributed by atoms with Crippen molar-refractivity contribution in [2.75, 3.05) is 0 Å². The van der Waals surface area contributed by atoms with Crippen molar-refractivity contribution in [1.82, 2.24) is 0 Å². The molecule has 0 aliphatic rings. The van der Waals surface area contributed by atoms with Crippen molar-refractivity contribution < 1.29 is 0 Å². The quantitative estimate of drug-likeness (QED) is 0.662. The molecule has 1 aromatic carbocycles. The molecule has 0 bridgehead atoms. The molecule has 1 aromatic rings. The van der Waals surface area contributed by atoms with Gasteiger partial charge in [0.15, 0.2) is 0 Å². The molecule has 0 N–H and O–H groups in total. The van der Waals surface area contributed by atoms with Crippen LogP contribution in [0, 0.1) is 6.92 Å². The van der Waals surface area contributed by atoms with E-state index in [0.717, 1.165) is 10.0 Å². The van der Waals surface area contributed by atoms with Crippen LogP contribution in [-0.2, 0) is 0 Å². The molecule has 0 aliphatic carbocycles. The maximum absolute atomic E-state index is 3.88. The lowest BCUT2D eigenvalue weighted by atomic mass is 10.1. The molecule has 0 aliphatic heterocycles. The lowest BCUT2D eigenvalue weighted by Crippen LogP contribution is -1.80. The van der Waals surface area contributed by atoms with Crippen LogP contribution in [-0.4, -0.2) is 0 Å². The molecular formula is C10H11Br. The third kappa shape index (κ3) is 1.93. The highest BCUT2D eigenvalue weighted by atomic mass is 79.9. The van der Waals surface area contributed by atoms with Gasteiger partial charge in [0.2, 0.25) is 0 Å².